The van der Waals surface area contributed by atoms with E-state index in [1.165, 1.54) is 11.3 Å². The first kappa shape index (κ1) is 17.0. The summed E-state index contributed by atoms with van der Waals surface area (Å²) in [5, 5.41) is 18.8. The number of aliphatic hydroxyl groups excluding tert-OH is 1. The van der Waals surface area contributed by atoms with E-state index in [2.05, 4.69) is 20.2 Å². The Kier molecular flexibility index (Phi) is 3.96. The normalized spacial score (nSPS) is 14.4. The van der Waals surface area contributed by atoms with Gasteiger partial charge in [-0.3, -0.25) is 14.9 Å². The van der Waals surface area contributed by atoms with Crippen LogP contribution in [0.1, 0.15) is 16.1 Å². The summed E-state index contributed by atoms with van der Waals surface area (Å²) in [7, 11) is 0. The first-order chi connectivity index (χ1) is 13.6. The summed E-state index contributed by atoms with van der Waals surface area (Å²) in [5.74, 6) is -0.174. The van der Waals surface area contributed by atoms with Gasteiger partial charge in [0.2, 0.25) is 0 Å². The highest BCUT2D eigenvalue weighted by Gasteiger charge is 2.33. The lowest BCUT2D eigenvalue weighted by molar-refractivity contribution is 0.00561. The van der Waals surface area contributed by atoms with Crippen LogP contribution in [0.3, 0.4) is 0 Å². The molecule has 5 rings (SSSR count). The molecule has 140 valence electrons. The van der Waals surface area contributed by atoms with E-state index in [-0.39, 0.29) is 5.91 Å². The Hall–Kier alpha value is -3.10. The Labute approximate surface area is 164 Å². The highest BCUT2D eigenvalue weighted by molar-refractivity contribution is 7.18. The largest absolute Gasteiger partial charge is 0.389 e. The van der Waals surface area contributed by atoms with Crippen molar-refractivity contribution in [1.82, 2.24) is 25.1 Å². The number of hydrogen-bond acceptors (Lipinski definition) is 6. The minimum absolute atomic E-state index is 0.174. The molecule has 7 nitrogen and oxygen atoms in total. The molecule has 3 aromatic heterocycles. The number of thiazole rings is 1. The third-order valence-electron chi connectivity index (χ3n) is 4.90. The topological polar surface area (TPSA) is 95.0 Å². The van der Waals surface area contributed by atoms with Gasteiger partial charge in [-0.05, 0) is 18.6 Å². The van der Waals surface area contributed by atoms with Crippen LogP contribution in [0.25, 0.3) is 32.0 Å². The van der Waals surface area contributed by atoms with Gasteiger partial charge in [0, 0.05) is 36.4 Å². The number of rotatable bonds is 3. The molecule has 1 aromatic carbocycles. The van der Waals surface area contributed by atoms with E-state index in [1.807, 2.05) is 37.3 Å². The number of hydrogen-bond donors (Lipinski definition) is 2. The Morgan fingerprint density at radius 2 is 2.14 bits per heavy atom. The number of aromatic amines is 1. The van der Waals surface area contributed by atoms with Gasteiger partial charge in [-0.25, -0.2) is 4.98 Å². The number of pyridine rings is 1. The standard InChI is InChI=1S/C20H17N5O2S/c1-11-4-2-6-14-15(11)23-24-16(14)19-22-17(20(27)25-9-13(26)10-25)18(28-19)12-5-3-7-21-8-12/h2-8,13,26H,9-10H2,1H3,(H,23,24). The number of carbonyl (C=O) groups is 1. The van der Waals surface area contributed by atoms with E-state index < -0.39 is 6.10 Å². The lowest BCUT2D eigenvalue weighted by atomic mass is 10.1. The predicted molar refractivity (Wildman–Crippen MR) is 107 cm³/mol. The highest BCUT2D eigenvalue weighted by Crippen LogP contribution is 2.38. The van der Waals surface area contributed by atoms with Crippen molar-refractivity contribution in [3.8, 4) is 21.1 Å². The summed E-state index contributed by atoms with van der Waals surface area (Å²) in [6, 6.07) is 9.76. The number of nitrogens with one attached hydrogen (secondary N) is 1. The van der Waals surface area contributed by atoms with Crippen molar-refractivity contribution in [3.05, 3.63) is 54.0 Å². The zero-order valence-electron chi connectivity index (χ0n) is 15.1. The Bertz CT molecular complexity index is 1180. The second-order valence-corrected chi connectivity index (χ2v) is 7.87. The zero-order chi connectivity index (χ0) is 19.3. The lowest BCUT2D eigenvalue weighted by Gasteiger charge is -2.35. The van der Waals surface area contributed by atoms with E-state index >= 15 is 0 Å². The molecule has 1 fully saturated rings. The fraction of sp³-hybridized carbons (Fsp3) is 0.200. The molecule has 2 N–H and O–H groups in total. The van der Waals surface area contributed by atoms with Gasteiger partial charge < -0.3 is 10.0 Å². The first-order valence-electron chi connectivity index (χ1n) is 8.94. The number of aliphatic hydroxyl groups is 1. The molecular weight excluding hydrogens is 374 g/mol. The molecule has 1 aliphatic rings. The number of nitrogens with zero attached hydrogens (tertiary/aromatic N) is 4. The van der Waals surface area contributed by atoms with E-state index in [0.29, 0.717) is 23.8 Å². The lowest BCUT2D eigenvalue weighted by Crippen LogP contribution is -2.53. The van der Waals surface area contributed by atoms with Crippen LogP contribution in [0.2, 0.25) is 0 Å². The molecule has 0 spiro atoms. The summed E-state index contributed by atoms with van der Waals surface area (Å²) >= 11 is 1.44. The monoisotopic (exact) mass is 391 g/mol. The minimum atomic E-state index is -0.455. The molecule has 8 heteroatoms. The van der Waals surface area contributed by atoms with Crippen LogP contribution in [0.15, 0.2) is 42.7 Å². The molecule has 0 aliphatic carbocycles. The van der Waals surface area contributed by atoms with Gasteiger partial charge in [0.25, 0.3) is 5.91 Å². The summed E-state index contributed by atoms with van der Waals surface area (Å²) in [5.41, 5.74) is 4.01. The van der Waals surface area contributed by atoms with Crippen LogP contribution in [0, 0.1) is 6.92 Å². The third kappa shape index (κ3) is 2.69. The van der Waals surface area contributed by atoms with Crippen LogP contribution >= 0.6 is 11.3 Å². The van der Waals surface area contributed by atoms with Crippen LogP contribution in [0.5, 0.6) is 0 Å². The van der Waals surface area contributed by atoms with Crippen molar-refractivity contribution in [2.45, 2.75) is 13.0 Å². The Morgan fingerprint density at radius 1 is 1.29 bits per heavy atom. The number of aryl methyl sites for hydroxylation is 1. The van der Waals surface area contributed by atoms with Crippen molar-refractivity contribution in [3.63, 3.8) is 0 Å². The maximum Gasteiger partial charge on any atom is 0.274 e. The number of aromatic nitrogens is 4. The maximum absolute atomic E-state index is 13.0. The molecule has 0 atom stereocenters. The fourth-order valence-corrected chi connectivity index (χ4v) is 4.44. The van der Waals surface area contributed by atoms with Crippen molar-refractivity contribution in [2.24, 2.45) is 0 Å². The molecule has 1 aliphatic heterocycles. The van der Waals surface area contributed by atoms with Crippen LogP contribution in [-0.4, -0.2) is 55.3 Å². The van der Waals surface area contributed by atoms with Gasteiger partial charge in [0.15, 0.2) is 0 Å². The van der Waals surface area contributed by atoms with Gasteiger partial charge in [-0.2, -0.15) is 5.10 Å². The number of β-amino-alcohol motifs (C(OH)–C–C–N with tert-alkyl or cyclic N) is 1. The van der Waals surface area contributed by atoms with Crippen molar-refractivity contribution < 1.29 is 9.90 Å². The van der Waals surface area contributed by atoms with Gasteiger partial charge in [0.1, 0.15) is 16.4 Å². The molecule has 0 saturated carbocycles. The molecule has 28 heavy (non-hydrogen) atoms. The zero-order valence-corrected chi connectivity index (χ0v) is 15.9. The van der Waals surface area contributed by atoms with E-state index in [0.717, 1.165) is 32.6 Å². The molecule has 0 unspecified atom stereocenters. The second kappa shape index (κ2) is 6.50. The summed E-state index contributed by atoms with van der Waals surface area (Å²) < 4.78 is 0. The number of likely N-dealkylation sites (tertiary alicyclic amines) is 1. The van der Waals surface area contributed by atoms with Crippen LogP contribution < -0.4 is 0 Å². The number of fused-ring (bicyclic) bond motifs is 1. The highest BCUT2D eigenvalue weighted by atomic mass is 32.1. The molecule has 4 aromatic rings. The Morgan fingerprint density at radius 3 is 2.89 bits per heavy atom. The van der Waals surface area contributed by atoms with Gasteiger partial charge in [-0.1, -0.05) is 24.3 Å². The molecular formula is C20H17N5O2S. The predicted octanol–water partition coefficient (Wildman–Crippen LogP) is 2.87. The van der Waals surface area contributed by atoms with E-state index in [1.54, 1.807) is 17.3 Å². The van der Waals surface area contributed by atoms with E-state index in [9.17, 15) is 9.90 Å². The van der Waals surface area contributed by atoms with Crippen LogP contribution in [0.4, 0.5) is 0 Å². The van der Waals surface area contributed by atoms with Gasteiger partial charge >= 0.3 is 0 Å². The molecule has 0 radical (unpaired) electrons. The van der Waals surface area contributed by atoms with Crippen molar-refractivity contribution >= 4 is 28.1 Å². The number of H-pyrrole nitrogens is 1. The molecule has 1 saturated heterocycles. The Balaban J connectivity index is 1.65. The third-order valence-corrected chi connectivity index (χ3v) is 6.03. The molecule has 1 amide bonds. The summed E-state index contributed by atoms with van der Waals surface area (Å²) in [4.78, 5) is 24.2. The summed E-state index contributed by atoms with van der Waals surface area (Å²) in [6.45, 7) is 2.69. The van der Waals surface area contributed by atoms with Crippen LogP contribution in [-0.2, 0) is 0 Å². The molecule has 0 bridgehead atoms. The van der Waals surface area contributed by atoms with Gasteiger partial charge in [0.05, 0.1) is 16.5 Å². The average Bonchev–Trinajstić information content (AvgIpc) is 3.31. The van der Waals surface area contributed by atoms with Crippen molar-refractivity contribution in [1.29, 1.82) is 0 Å². The fourth-order valence-electron chi connectivity index (χ4n) is 3.38. The number of carbonyl (C=O) groups excluding carboxylic acids is 1. The minimum Gasteiger partial charge on any atom is -0.389 e. The quantitative estimate of drug-likeness (QED) is 0.560. The number of para-hydroxylation sites is 1. The van der Waals surface area contributed by atoms with Crippen molar-refractivity contribution in [2.75, 3.05) is 13.1 Å². The first-order valence-corrected chi connectivity index (χ1v) is 9.76. The van der Waals surface area contributed by atoms with Gasteiger partial charge in [-0.15, -0.1) is 11.3 Å². The SMILES string of the molecule is Cc1cccc2c(-c3nc(C(=O)N4CC(O)C4)c(-c4cccnc4)s3)[nH]nc12. The number of amides is 1. The number of benzene rings is 1. The summed E-state index contributed by atoms with van der Waals surface area (Å²) in [6.07, 6.45) is 2.97. The molecule has 4 heterocycles. The van der Waals surface area contributed by atoms with E-state index in [4.69, 9.17) is 0 Å². The maximum atomic E-state index is 13.0. The average molecular weight is 391 g/mol. The smallest absolute Gasteiger partial charge is 0.274 e. The second-order valence-electron chi connectivity index (χ2n) is 6.87.